The van der Waals surface area contributed by atoms with Crippen LogP contribution in [0.5, 0.6) is 5.88 Å². The molecular formula is C18H11F3N6O2. The summed E-state index contributed by atoms with van der Waals surface area (Å²) < 4.78 is 41.2. The summed E-state index contributed by atoms with van der Waals surface area (Å²) in [6.45, 7) is 0. The van der Waals surface area contributed by atoms with Crippen LogP contribution in [0.4, 0.5) is 19.0 Å². The molecule has 2 N–H and O–H groups in total. The van der Waals surface area contributed by atoms with Crippen molar-refractivity contribution in [2.24, 2.45) is 0 Å². The van der Waals surface area contributed by atoms with Crippen LogP contribution in [0.1, 0.15) is 16.1 Å². The fraction of sp³-hybridized carbons (Fsp3) is 0.0556. The summed E-state index contributed by atoms with van der Waals surface area (Å²) in [5, 5.41) is 16.1. The van der Waals surface area contributed by atoms with Gasteiger partial charge in [0.1, 0.15) is 12.0 Å². The number of hydrogen-bond donors (Lipinski definition) is 2. The summed E-state index contributed by atoms with van der Waals surface area (Å²) in [7, 11) is 0. The molecule has 4 aromatic rings. The van der Waals surface area contributed by atoms with Gasteiger partial charge in [-0.05, 0) is 18.2 Å². The van der Waals surface area contributed by atoms with Crippen molar-refractivity contribution in [1.82, 2.24) is 24.6 Å². The van der Waals surface area contributed by atoms with Crippen molar-refractivity contribution in [2.45, 2.75) is 6.18 Å². The number of hydrogen-bond acceptors (Lipinski definition) is 6. The molecule has 0 spiro atoms. The number of carbonyl (C=O) groups excluding carboxylic acids is 1. The number of carbonyl (C=O) groups is 1. The van der Waals surface area contributed by atoms with E-state index in [4.69, 9.17) is 0 Å². The first-order valence-corrected chi connectivity index (χ1v) is 8.16. The number of amides is 1. The molecule has 8 nitrogen and oxygen atoms in total. The van der Waals surface area contributed by atoms with Gasteiger partial charge in [-0.2, -0.15) is 22.8 Å². The van der Waals surface area contributed by atoms with Gasteiger partial charge < -0.3 is 10.4 Å². The fourth-order valence-electron chi connectivity index (χ4n) is 2.71. The van der Waals surface area contributed by atoms with Crippen LogP contribution in [-0.4, -0.2) is 35.6 Å². The standard InChI is InChI=1S/C18H11F3N6O2/c19-18(20,21)11-4-2-1-3-10(11)12-5-6-14-22-8-15(27(14)26-12)25-17(29)13-7-16(28)24-9-23-13/h1-9H,(H,25,29)(H,23,24,28). The van der Waals surface area contributed by atoms with Gasteiger partial charge in [-0.25, -0.2) is 15.0 Å². The lowest BCUT2D eigenvalue weighted by Gasteiger charge is -2.12. The van der Waals surface area contributed by atoms with E-state index in [0.717, 1.165) is 18.5 Å². The van der Waals surface area contributed by atoms with E-state index in [2.05, 4.69) is 25.4 Å². The van der Waals surface area contributed by atoms with Crippen LogP contribution >= 0.6 is 0 Å². The number of aromatic nitrogens is 5. The molecule has 1 amide bonds. The second-order valence-electron chi connectivity index (χ2n) is 5.89. The number of nitrogens with zero attached hydrogens (tertiary/aromatic N) is 5. The number of alkyl halides is 3. The Balaban J connectivity index is 1.74. The highest BCUT2D eigenvalue weighted by Gasteiger charge is 2.33. The molecule has 0 fully saturated rings. The molecule has 1 aromatic carbocycles. The molecule has 0 unspecified atom stereocenters. The van der Waals surface area contributed by atoms with Crippen molar-refractivity contribution in [3.63, 3.8) is 0 Å². The van der Waals surface area contributed by atoms with Crippen LogP contribution in [-0.2, 0) is 6.18 Å². The molecule has 4 rings (SSSR count). The van der Waals surface area contributed by atoms with Gasteiger partial charge in [0.25, 0.3) is 5.91 Å². The lowest BCUT2D eigenvalue weighted by Crippen LogP contribution is -2.15. The monoisotopic (exact) mass is 400 g/mol. The molecule has 29 heavy (non-hydrogen) atoms. The molecule has 0 aliphatic carbocycles. The lowest BCUT2D eigenvalue weighted by molar-refractivity contribution is -0.137. The number of anilines is 1. The summed E-state index contributed by atoms with van der Waals surface area (Å²) in [5.41, 5.74) is -0.661. The number of halogens is 3. The van der Waals surface area contributed by atoms with Crippen LogP contribution in [0.25, 0.3) is 16.9 Å². The van der Waals surface area contributed by atoms with E-state index in [1.54, 1.807) is 0 Å². The van der Waals surface area contributed by atoms with Gasteiger partial charge in [0.05, 0.1) is 17.5 Å². The Morgan fingerprint density at radius 1 is 1.07 bits per heavy atom. The number of aromatic hydroxyl groups is 1. The Morgan fingerprint density at radius 2 is 1.86 bits per heavy atom. The molecule has 3 heterocycles. The zero-order valence-corrected chi connectivity index (χ0v) is 14.4. The lowest BCUT2D eigenvalue weighted by atomic mass is 10.0. The van der Waals surface area contributed by atoms with E-state index < -0.39 is 17.6 Å². The van der Waals surface area contributed by atoms with Crippen LogP contribution in [0.3, 0.4) is 0 Å². The Kier molecular flexibility index (Phi) is 4.34. The zero-order chi connectivity index (χ0) is 20.6. The smallest absolute Gasteiger partial charge is 0.417 e. The summed E-state index contributed by atoms with van der Waals surface area (Å²) in [6.07, 6.45) is -2.22. The second kappa shape index (κ2) is 6.86. The maximum absolute atomic E-state index is 13.3. The highest BCUT2D eigenvalue weighted by atomic mass is 19.4. The Bertz CT molecular complexity index is 1220. The van der Waals surface area contributed by atoms with Gasteiger partial charge in [0.15, 0.2) is 11.5 Å². The van der Waals surface area contributed by atoms with E-state index >= 15 is 0 Å². The minimum absolute atomic E-state index is 0.0543. The average molecular weight is 400 g/mol. The van der Waals surface area contributed by atoms with Crippen LogP contribution in [0.2, 0.25) is 0 Å². The SMILES string of the molecule is O=C(Nc1cnc2ccc(-c3ccccc3C(F)(F)F)nn12)c1cc(O)ncn1. The van der Waals surface area contributed by atoms with Gasteiger partial charge in [0, 0.05) is 11.6 Å². The Morgan fingerprint density at radius 3 is 2.62 bits per heavy atom. The third kappa shape index (κ3) is 3.57. The van der Waals surface area contributed by atoms with Crippen molar-refractivity contribution in [3.8, 4) is 17.1 Å². The maximum Gasteiger partial charge on any atom is 0.417 e. The first kappa shape index (κ1) is 18.3. The first-order chi connectivity index (χ1) is 13.8. The second-order valence-corrected chi connectivity index (χ2v) is 5.89. The normalized spacial score (nSPS) is 11.6. The minimum atomic E-state index is -4.55. The fourth-order valence-corrected chi connectivity index (χ4v) is 2.71. The summed E-state index contributed by atoms with van der Waals surface area (Å²) in [4.78, 5) is 23.6. The predicted molar refractivity (Wildman–Crippen MR) is 95.1 cm³/mol. The zero-order valence-electron chi connectivity index (χ0n) is 14.4. The summed E-state index contributed by atoms with van der Waals surface area (Å²) in [5.74, 6) is -0.936. The summed E-state index contributed by atoms with van der Waals surface area (Å²) in [6, 6.07) is 9.04. The van der Waals surface area contributed by atoms with Crippen molar-refractivity contribution < 1.29 is 23.1 Å². The molecular weight excluding hydrogens is 389 g/mol. The van der Waals surface area contributed by atoms with Crippen LogP contribution in [0.15, 0.2) is 55.0 Å². The van der Waals surface area contributed by atoms with Gasteiger partial charge in [0.2, 0.25) is 5.88 Å². The third-order valence-electron chi connectivity index (χ3n) is 4.00. The molecule has 11 heteroatoms. The number of fused-ring (bicyclic) bond motifs is 1. The van der Waals surface area contributed by atoms with Gasteiger partial charge in [-0.1, -0.05) is 18.2 Å². The van der Waals surface area contributed by atoms with Crippen molar-refractivity contribution >= 4 is 17.4 Å². The van der Waals surface area contributed by atoms with Crippen molar-refractivity contribution in [3.05, 3.63) is 66.2 Å². The van der Waals surface area contributed by atoms with E-state index in [9.17, 15) is 23.1 Å². The quantitative estimate of drug-likeness (QED) is 0.547. The molecule has 3 aromatic heterocycles. The first-order valence-electron chi connectivity index (χ1n) is 8.16. The summed E-state index contributed by atoms with van der Waals surface area (Å²) >= 11 is 0. The topological polar surface area (TPSA) is 105 Å². The molecule has 0 radical (unpaired) electrons. The highest BCUT2D eigenvalue weighted by molar-refractivity contribution is 6.02. The molecule has 0 saturated carbocycles. The van der Waals surface area contributed by atoms with Gasteiger partial charge in [-0.15, -0.1) is 0 Å². The Hall–Kier alpha value is -4.02. The van der Waals surface area contributed by atoms with Gasteiger partial charge in [-0.3, -0.25) is 4.79 Å². The average Bonchev–Trinajstić information content (AvgIpc) is 3.09. The number of rotatable bonds is 3. The molecule has 0 saturated heterocycles. The minimum Gasteiger partial charge on any atom is -0.493 e. The van der Waals surface area contributed by atoms with Crippen LogP contribution < -0.4 is 5.32 Å². The molecule has 0 aliphatic heterocycles. The number of benzene rings is 1. The third-order valence-corrected chi connectivity index (χ3v) is 4.00. The van der Waals surface area contributed by atoms with Crippen LogP contribution in [0, 0.1) is 0 Å². The van der Waals surface area contributed by atoms with E-state index in [0.29, 0.717) is 5.65 Å². The number of nitrogens with one attached hydrogen (secondary N) is 1. The predicted octanol–water partition coefficient (Wildman–Crippen LogP) is 3.16. The van der Waals surface area contributed by atoms with Gasteiger partial charge >= 0.3 is 6.18 Å². The van der Waals surface area contributed by atoms with E-state index in [1.165, 1.54) is 41.0 Å². The number of imidazole rings is 1. The van der Waals surface area contributed by atoms with Crippen molar-refractivity contribution in [1.29, 1.82) is 0 Å². The highest BCUT2D eigenvalue weighted by Crippen LogP contribution is 2.36. The largest absolute Gasteiger partial charge is 0.493 e. The Labute approximate surface area is 160 Å². The molecule has 146 valence electrons. The van der Waals surface area contributed by atoms with E-state index in [-0.39, 0.29) is 28.6 Å². The molecule has 0 bridgehead atoms. The van der Waals surface area contributed by atoms with E-state index in [1.807, 2.05) is 0 Å². The maximum atomic E-state index is 13.3. The molecule has 0 aliphatic rings. The van der Waals surface area contributed by atoms with Crippen molar-refractivity contribution in [2.75, 3.05) is 5.32 Å². The molecule has 0 atom stereocenters.